The van der Waals surface area contributed by atoms with Crippen LogP contribution >= 0.6 is 0 Å². The van der Waals surface area contributed by atoms with E-state index in [1.165, 1.54) is 0 Å². The van der Waals surface area contributed by atoms with Gasteiger partial charge in [0.2, 0.25) is 0 Å². The first-order chi connectivity index (χ1) is 9.70. The number of nitriles is 1. The molecule has 0 spiro atoms. The van der Waals surface area contributed by atoms with E-state index in [1.54, 1.807) is 6.20 Å². The van der Waals surface area contributed by atoms with Crippen molar-refractivity contribution in [2.24, 2.45) is 0 Å². The summed E-state index contributed by atoms with van der Waals surface area (Å²) in [4.78, 5) is 4.26. The van der Waals surface area contributed by atoms with Gasteiger partial charge in [0.05, 0.1) is 11.4 Å². The van der Waals surface area contributed by atoms with Crippen molar-refractivity contribution in [2.75, 3.05) is 11.9 Å². The number of ether oxygens (including phenoxy) is 1. The van der Waals surface area contributed by atoms with E-state index in [-0.39, 0.29) is 12.6 Å². The van der Waals surface area contributed by atoms with E-state index in [4.69, 9.17) is 10.00 Å². The summed E-state index contributed by atoms with van der Waals surface area (Å²) in [6.45, 7) is 4.15. The van der Waals surface area contributed by atoms with Crippen LogP contribution in [-0.2, 0) is 0 Å². The van der Waals surface area contributed by atoms with E-state index in [1.807, 2.05) is 49.4 Å². The highest BCUT2D eigenvalue weighted by Crippen LogP contribution is 2.22. The fourth-order valence-corrected chi connectivity index (χ4v) is 1.92. The average molecular weight is 267 g/mol. The Kier molecular flexibility index (Phi) is 4.56. The first kappa shape index (κ1) is 13.9. The number of aromatic nitrogens is 1. The summed E-state index contributed by atoms with van der Waals surface area (Å²) in [5, 5.41) is 11.9. The van der Waals surface area contributed by atoms with E-state index in [0.717, 1.165) is 16.9 Å². The van der Waals surface area contributed by atoms with Crippen LogP contribution in [0.25, 0.3) is 0 Å². The topological polar surface area (TPSA) is 57.9 Å². The van der Waals surface area contributed by atoms with Crippen LogP contribution in [-0.4, -0.2) is 11.6 Å². The molecule has 1 atom stereocenters. The average Bonchev–Trinajstić information content (AvgIpc) is 2.48. The minimum atomic E-state index is 0.0715. The molecule has 0 amide bonds. The molecule has 1 heterocycles. The molecule has 4 heteroatoms. The minimum Gasteiger partial charge on any atom is -0.479 e. The van der Waals surface area contributed by atoms with Crippen molar-refractivity contribution in [3.63, 3.8) is 0 Å². The third-order valence-corrected chi connectivity index (χ3v) is 3.06. The molecule has 1 N–H and O–H groups in total. The highest BCUT2D eigenvalue weighted by molar-refractivity contribution is 5.48. The number of aryl methyl sites for hydroxylation is 1. The quantitative estimate of drug-likeness (QED) is 0.901. The molecule has 102 valence electrons. The zero-order valence-electron chi connectivity index (χ0n) is 11.6. The van der Waals surface area contributed by atoms with Gasteiger partial charge in [0.15, 0.2) is 6.61 Å². The number of pyridine rings is 1. The zero-order chi connectivity index (χ0) is 14.4. The molecule has 1 aromatic heterocycles. The van der Waals surface area contributed by atoms with Gasteiger partial charge < -0.3 is 10.1 Å². The van der Waals surface area contributed by atoms with Crippen molar-refractivity contribution in [1.29, 1.82) is 5.26 Å². The van der Waals surface area contributed by atoms with E-state index >= 15 is 0 Å². The zero-order valence-corrected chi connectivity index (χ0v) is 11.6. The number of hydrogen-bond donors (Lipinski definition) is 1. The third-order valence-electron chi connectivity index (χ3n) is 3.06. The van der Waals surface area contributed by atoms with Gasteiger partial charge in [-0.05, 0) is 43.7 Å². The lowest BCUT2D eigenvalue weighted by Crippen LogP contribution is -2.08. The second kappa shape index (κ2) is 6.58. The number of hydrogen-bond acceptors (Lipinski definition) is 4. The number of benzene rings is 1. The maximum Gasteiger partial charge on any atom is 0.174 e. The Bertz CT molecular complexity index is 602. The fourth-order valence-electron chi connectivity index (χ4n) is 1.92. The summed E-state index contributed by atoms with van der Waals surface area (Å²) in [6, 6.07) is 13.8. The predicted octanol–water partition coefficient (Wildman–Crippen LogP) is 3.47. The van der Waals surface area contributed by atoms with E-state index in [2.05, 4.69) is 17.2 Å². The first-order valence-electron chi connectivity index (χ1n) is 6.48. The summed E-state index contributed by atoms with van der Waals surface area (Å²) in [5.74, 6) is 0.708. The molecule has 2 aromatic rings. The Morgan fingerprint density at radius 2 is 2.05 bits per heavy atom. The van der Waals surface area contributed by atoms with Gasteiger partial charge in [-0.2, -0.15) is 5.26 Å². The highest BCUT2D eigenvalue weighted by atomic mass is 16.5. The second-order valence-electron chi connectivity index (χ2n) is 4.52. The van der Waals surface area contributed by atoms with E-state index < -0.39 is 0 Å². The molecule has 0 saturated carbocycles. The number of nitrogens with zero attached hydrogens (tertiary/aromatic N) is 2. The number of rotatable bonds is 5. The maximum absolute atomic E-state index is 8.47. The van der Waals surface area contributed by atoms with Gasteiger partial charge in [-0.3, -0.25) is 4.98 Å². The van der Waals surface area contributed by atoms with E-state index in [0.29, 0.717) is 5.75 Å². The Morgan fingerprint density at radius 3 is 2.70 bits per heavy atom. The summed E-state index contributed by atoms with van der Waals surface area (Å²) in [6.07, 6.45) is 1.78. The minimum absolute atomic E-state index is 0.0715. The molecule has 4 nitrogen and oxygen atoms in total. The molecular formula is C16H17N3O. The molecule has 0 aliphatic heterocycles. The highest BCUT2D eigenvalue weighted by Gasteiger charge is 2.07. The molecule has 20 heavy (non-hydrogen) atoms. The third kappa shape index (κ3) is 3.48. The predicted molar refractivity (Wildman–Crippen MR) is 78.6 cm³/mol. The van der Waals surface area contributed by atoms with Crippen LogP contribution in [0.15, 0.2) is 42.6 Å². The van der Waals surface area contributed by atoms with Crippen LogP contribution in [0.3, 0.4) is 0 Å². The van der Waals surface area contributed by atoms with E-state index in [9.17, 15) is 0 Å². The molecule has 0 radical (unpaired) electrons. The molecule has 0 aliphatic rings. The number of nitrogens with one attached hydrogen (secondary N) is 1. The van der Waals surface area contributed by atoms with Crippen molar-refractivity contribution in [2.45, 2.75) is 19.9 Å². The largest absolute Gasteiger partial charge is 0.479 e. The Hall–Kier alpha value is -2.54. The molecule has 1 unspecified atom stereocenters. The van der Waals surface area contributed by atoms with Crippen molar-refractivity contribution in [3.8, 4) is 11.8 Å². The van der Waals surface area contributed by atoms with Crippen LogP contribution in [0.5, 0.6) is 5.75 Å². The van der Waals surface area contributed by atoms with Gasteiger partial charge in [-0.15, -0.1) is 0 Å². The van der Waals surface area contributed by atoms with Crippen molar-refractivity contribution >= 4 is 5.69 Å². The molecule has 0 fully saturated rings. The lowest BCUT2D eigenvalue weighted by Gasteiger charge is -2.17. The Balaban J connectivity index is 2.04. The molecule has 0 bridgehead atoms. The molecule has 0 aliphatic carbocycles. The van der Waals surface area contributed by atoms with Crippen LogP contribution < -0.4 is 10.1 Å². The normalized spacial score (nSPS) is 11.4. The van der Waals surface area contributed by atoms with Crippen molar-refractivity contribution in [3.05, 3.63) is 53.9 Å². The van der Waals surface area contributed by atoms with Gasteiger partial charge >= 0.3 is 0 Å². The molecule has 2 rings (SSSR count). The van der Waals surface area contributed by atoms with Gasteiger partial charge in [0.25, 0.3) is 0 Å². The van der Waals surface area contributed by atoms with Gasteiger partial charge in [-0.25, -0.2) is 0 Å². The van der Waals surface area contributed by atoms with Crippen molar-refractivity contribution < 1.29 is 4.74 Å². The van der Waals surface area contributed by atoms with Gasteiger partial charge in [-0.1, -0.05) is 12.1 Å². The fraction of sp³-hybridized carbons (Fsp3) is 0.250. The lowest BCUT2D eigenvalue weighted by atomic mass is 10.1. The van der Waals surface area contributed by atoms with Crippen LogP contribution in [0.1, 0.15) is 24.2 Å². The van der Waals surface area contributed by atoms with Crippen LogP contribution in [0.2, 0.25) is 0 Å². The lowest BCUT2D eigenvalue weighted by molar-refractivity contribution is 0.368. The standard InChI is InChI=1S/C16H17N3O/c1-12(19-16-4-3-10-18-13(16)2)14-5-7-15(8-6-14)20-11-9-17/h3-8,10,12,19H,11H2,1-2H3. The van der Waals surface area contributed by atoms with Gasteiger partial charge in [0, 0.05) is 12.2 Å². The summed E-state index contributed by atoms with van der Waals surface area (Å²) in [5.41, 5.74) is 3.16. The Labute approximate surface area is 119 Å². The summed E-state index contributed by atoms with van der Waals surface area (Å²) in [7, 11) is 0. The SMILES string of the molecule is Cc1ncccc1NC(C)c1ccc(OCC#N)cc1. The monoisotopic (exact) mass is 267 g/mol. The number of anilines is 1. The van der Waals surface area contributed by atoms with Crippen LogP contribution in [0.4, 0.5) is 5.69 Å². The summed E-state index contributed by atoms with van der Waals surface area (Å²) < 4.78 is 5.24. The van der Waals surface area contributed by atoms with Gasteiger partial charge in [0.1, 0.15) is 11.8 Å². The second-order valence-corrected chi connectivity index (χ2v) is 4.52. The smallest absolute Gasteiger partial charge is 0.174 e. The Morgan fingerprint density at radius 1 is 1.30 bits per heavy atom. The molecule has 1 aromatic carbocycles. The summed E-state index contributed by atoms with van der Waals surface area (Å²) >= 11 is 0. The van der Waals surface area contributed by atoms with Crippen LogP contribution in [0, 0.1) is 18.3 Å². The first-order valence-corrected chi connectivity index (χ1v) is 6.48. The molecule has 0 saturated heterocycles. The van der Waals surface area contributed by atoms with Crippen molar-refractivity contribution in [1.82, 2.24) is 4.98 Å². The maximum atomic E-state index is 8.47. The molecular weight excluding hydrogens is 250 g/mol.